The highest BCUT2D eigenvalue weighted by molar-refractivity contribution is 6.50. The zero-order chi connectivity index (χ0) is 16.8. The highest BCUT2D eigenvalue weighted by Crippen LogP contribution is 2.26. The summed E-state index contributed by atoms with van der Waals surface area (Å²) in [6, 6.07) is 11.7. The summed E-state index contributed by atoms with van der Waals surface area (Å²) < 4.78 is 0. The maximum atomic E-state index is 12.5. The molecule has 0 atom stereocenters. The van der Waals surface area contributed by atoms with Gasteiger partial charge >= 0.3 is 0 Å². The fourth-order valence-corrected chi connectivity index (χ4v) is 2.78. The predicted octanol–water partition coefficient (Wildman–Crippen LogP) is 2.61. The van der Waals surface area contributed by atoms with E-state index in [1.165, 1.54) is 19.9 Å². The third-order valence-corrected chi connectivity index (χ3v) is 4.02. The molecule has 2 aromatic carbocycles. The van der Waals surface area contributed by atoms with E-state index in [4.69, 9.17) is 0 Å². The van der Waals surface area contributed by atoms with Crippen LogP contribution in [0.5, 0.6) is 0 Å². The second-order valence-electron chi connectivity index (χ2n) is 6.25. The lowest BCUT2D eigenvalue weighted by molar-refractivity contribution is 0.0488. The van der Waals surface area contributed by atoms with Gasteiger partial charge < -0.3 is 5.11 Å². The van der Waals surface area contributed by atoms with Gasteiger partial charge in [0.25, 0.3) is 0 Å². The van der Waals surface area contributed by atoms with Gasteiger partial charge in [-0.25, -0.2) is 0 Å². The van der Waals surface area contributed by atoms with Gasteiger partial charge in [-0.1, -0.05) is 36.4 Å². The number of carbonyl (C=O) groups is 3. The van der Waals surface area contributed by atoms with E-state index in [0.29, 0.717) is 17.5 Å². The van der Waals surface area contributed by atoms with Crippen LogP contribution in [0.15, 0.2) is 42.5 Å². The third kappa shape index (κ3) is 2.62. The molecule has 0 unspecified atom stereocenters. The molecule has 1 aliphatic rings. The van der Waals surface area contributed by atoms with Gasteiger partial charge in [-0.2, -0.15) is 0 Å². The minimum Gasteiger partial charge on any atom is -0.382 e. The van der Waals surface area contributed by atoms with Crippen LogP contribution >= 0.6 is 0 Å². The number of hydrogen-bond donors (Lipinski definition) is 1. The Morgan fingerprint density at radius 3 is 2.26 bits per heavy atom. The first-order chi connectivity index (χ1) is 10.8. The molecule has 3 rings (SSSR count). The summed E-state index contributed by atoms with van der Waals surface area (Å²) in [4.78, 5) is 37.1. The molecule has 23 heavy (non-hydrogen) atoms. The van der Waals surface area contributed by atoms with E-state index in [9.17, 15) is 19.5 Å². The second-order valence-corrected chi connectivity index (χ2v) is 6.25. The first-order valence-electron chi connectivity index (χ1n) is 7.36. The van der Waals surface area contributed by atoms with Crippen LogP contribution < -0.4 is 0 Å². The van der Waals surface area contributed by atoms with Crippen LogP contribution in [0.3, 0.4) is 0 Å². The second kappa shape index (κ2) is 5.25. The highest BCUT2D eigenvalue weighted by Gasteiger charge is 2.30. The van der Waals surface area contributed by atoms with Gasteiger partial charge in [0.2, 0.25) is 11.6 Å². The number of rotatable bonds is 2. The molecule has 0 heterocycles. The molecule has 0 radical (unpaired) electrons. The maximum Gasteiger partial charge on any atom is 0.233 e. The number of hydrogen-bond acceptors (Lipinski definition) is 4. The Bertz CT molecular complexity index is 841. The molecule has 0 saturated heterocycles. The van der Waals surface area contributed by atoms with Gasteiger partial charge in [0.05, 0.1) is 0 Å². The standard InChI is InChI=1S/C19H16O4/c1-19(2,23)18(22)13-8-7-12-9-11-5-3-4-6-14(11)16(20)17(21)15(12)10-13/h3-8,10,23H,9H2,1-2H3. The Morgan fingerprint density at radius 1 is 0.957 bits per heavy atom. The molecule has 2 aromatic rings. The van der Waals surface area contributed by atoms with E-state index in [1.807, 2.05) is 12.1 Å². The average Bonchev–Trinajstić information content (AvgIpc) is 2.62. The van der Waals surface area contributed by atoms with Crippen molar-refractivity contribution in [1.29, 1.82) is 0 Å². The normalized spacial score (nSPS) is 14.0. The van der Waals surface area contributed by atoms with Crippen LogP contribution in [-0.4, -0.2) is 28.1 Å². The Kier molecular flexibility index (Phi) is 3.49. The van der Waals surface area contributed by atoms with Crippen LogP contribution in [-0.2, 0) is 6.42 Å². The number of ketones is 3. The summed E-state index contributed by atoms with van der Waals surface area (Å²) in [7, 11) is 0. The van der Waals surface area contributed by atoms with Gasteiger partial charge in [-0.05, 0) is 37.5 Å². The van der Waals surface area contributed by atoms with Crippen molar-refractivity contribution in [3.63, 3.8) is 0 Å². The van der Waals surface area contributed by atoms with Crippen molar-refractivity contribution in [2.75, 3.05) is 0 Å². The molecule has 0 aliphatic heterocycles. The highest BCUT2D eigenvalue weighted by atomic mass is 16.3. The van der Waals surface area contributed by atoms with E-state index >= 15 is 0 Å². The van der Waals surface area contributed by atoms with Crippen molar-refractivity contribution in [2.45, 2.75) is 25.9 Å². The van der Waals surface area contributed by atoms with E-state index in [2.05, 4.69) is 0 Å². The first-order valence-corrected chi connectivity index (χ1v) is 7.36. The molecule has 0 amide bonds. The minimum atomic E-state index is -1.53. The summed E-state index contributed by atoms with van der Waals surface area (Å²) >= 11 is 0. The molecule has 4 nitrogen and oxygen atoms in total. The van der Waals surface area contributed by atoms with E-state index in [0.717, 1.165) is 5.56 Å². The Labute approximate surface area is 133 Å². The fourth-order valence-electron chi connectivity index (χ4n) is 2.78. The molecule has 4 heteroatoms. The first kappa shape index (κ1) is 15.3. The van der Waals surface area contributed by atoms with Gasteiger partial charge in [0.1, 0.15) is 5.60 Å². The summed E-state index contributed by atoms with van der Waals surface area (Å²) in [5.41, 5.74) is 0.843. The zero-order valence-corrected chi connectivity index (χ0v) is 12.9. The molecule has 0 fully saturated rings. The minimum absolute atomic E-state index is 0.225. The predicted molar refractivity (Wildman–Crippen MR) is 85.0 cm³/mol. The molecular formula is C19H16O4. The molecule has 0 spiro atoms. The monoisotopic (exact) mass is 308 g/mol. The maximum absolute atomic E-state index is 12.5. The van der Waals surface area contributed by atoms with E-state index < -0.39 is 23.0 Å². The number of fused-ring (bicyclic) bond motifs is 2. The lowest BCUT2D eigenvalue weighted by Crippen LogP contribution is -2.31. The fraction of sp³-hybridized carbons (Fsp3) is 0.211. The average molecular weight is 308 g/mol. The summed E-state index contributed by atoms with van der Waals surface area (Å²) in [5.74, 6) is -1.66. The van der Waals surface area contributed by atoms with Crippen molar-refractivity contribution >= 4 is 17.3 Å². The third-order valence-electron chi connectivity index (χ3n) is 4.02. The van der Waals surface area contributed by atoms with E-state index in [-0.39, 0.29) is 11.1 Å². The molecule has 0 aromatic heterocycles. The Morgan fingerprint density at radius 2 is 1.57 bits per heavy atom. The number of benzene rings is 2. The smallest absolute Gasteiger partial charge is 0.233 e. The van der Waals surface area contributed by atoms with Crippen molar-refractivity contribution in [1.82, 2.24) is 0 Å². The van der Waals surface area contributed by atoms with Crippen LogP contribution in [0.1, 0.15) is 56.0 Å². The molecule has 1 N–H and O–H groups in total. The zero-order valence-electron chi connectivity index (χ0n) is 12.9. The molecule has 0 saturated carbocycles. The van der Waals surface area contributed by atoms with Crippen LogP contribution in [0.4, 0.5) is 0 Å². The van der Waals surface area contributed by atoms with Crippen LogP contribution in [0.2, 0.25) is 0 Å². The summed E-state index contributed by atoms with van der Waals surface area (Å²) in [5, 5.41) is 9.86. The lowest BCUT2D eigenvalue weighted by atomic mass is 9.92. The largest absolute Gasteiger partial charge is 0.382 e. The molecule has 1 aliphatic carbocycles. The van der Waals surface area contributed by atoms with Gasteiger partial charge in [-0.3, -0.25) is 14.4 Å². The Balaban J connectivity index is 2.13. The van der Waals surface area contributed by atoms with Gasteiger partial charge in [0, 0.05) is 16.7 Å². The van der Waals surface area contributed by atoms with Crippen molar-refractivity contribution < 1.29 is 19.5 Å². The van der Waals surface area contributed by atoms with Gasteiger partial charge in [0.15, 0.2) is 5.78 Å². The van der Waals surface area contributed by atoms with Crippen LogP contribution in [0.25, 0.3) is 0 Å². The number of aliphatic hydroxyl groups is 1. The molecule has 116 valence electrons. The lowest BCUT2D eigenvalue weighted by Gasteiger charge is -2.16. The number of Topliss-reactive ketones (excluding diaryl/α,β-unsaturated/α-hetero) is 3. The van der Waals surface area contributed by atoms with Gasteiger partial charge in [-0.15, -0.1) is 0 Å². The quantitative estimate of drug-likeness (QED) is 0.684. The topological polar surface area (TPSA) is 71.4 Å². The van der Waals surface area contributed by atoms with Crippen LogP contribution in [0, 0.1) is 0 Å². The molecular weight excluding hydrogens is 292 g/mol. The summed E-state index contributed by atoms with van der Waals surface area (Å²) in [6.07, 6.45) is 0.458. The molecule has 0 bridgehead atoms. The Hall–Kier alpha value is -2.59. The van der Waals surface area contributed by atoms with Crippen molar-refractivity contribution in [3.8, 4) is 0 Å². The number of carbonyl (C=O) groups excluding carboxylic acids is 3. The van der Waals surface area contributed by atoms with E-state index in [1.54, 1.807) is 24.3 Å². The summed E-state index contributed by atoms with van der Waals surface area (Å²) in [6.45, 7) is 2.79. The SMILES string of the molecule is CC(C)(O)C(=O)c1ccc2c(c1)C(=O)C(=O)c1ccccc1C2. The van der Waals surface area contributed by atoms with Crippen molar-refractivity contribution in [3.05, 3.63) is 70.3 Å². The van der Waals surface area contributed by atoms with Crippen molar-refractivity contribution in [2.24, 2.45) is 0 Å².